The molecule has 0 fully saturated rings. The first kappa shape index (κ1) is 78.9. The van der Waals surface area contributed by atoms with E-state index >= 15 is 0 Å². The number of unbranched alkanes of at least 4 members (excludes halogenated alkanes) is 32. The van der Waals surface area contributed by atoms with Crippen LogP contribution >= 0.6 is 7.82 Å². The molecular weight excluding hydrogens is 1040 g/mol. The van der Waals surface area contributed by atoms with Crippen molar-refractivity contribution in [3.63, 3.8) is 0 Å². The molecule has 0 saturated carbocycles. The topological polar surface area (TPSA) is 108 Å². The molecule has 0 aromatic carbocycles. The average Bonchev–Trinajstić information content (AvgIpc) is 3.46. The van der Waals surface area contributed by atoms with Crippen LogP contribution in [0.5, 0.6) is 0 Å². The number of hydrogen-bond donors (Lipinski definition) is 1. The monoisotopic (exact) mass is 1170 g/mol. The van der Waals surface area contributed by atoms with Gasteiger partial charge in [0, 0.05) is 12.8 Å². The predicted molar refractivity (Wildman–Crippen MR) is 353 cm³/mol. The number of carbonyl (C=O) groups is 2. The van der Waals surface area contributed by atoms with Crippen molar-refractivity contribution < 1.29 is 42.1 Å². The van der Waals surface area contributed by atoms with Gasteiger partial charge in [-0.15, -0.1) is 0 Å². The highest BCUT2D eigenvalue weighted by molar-refractivity contribution is 7.47. The number of ether oxygens (including phenoxy) is 2. The molecule has 10 heteroatoms. The van der Waals surface area contributed by atoms with E-state index in [0.717, 1.165) is 96.3 Å². The molecule has 0 spiro atoms. The van der Waals surface area contributed by atoms with E-state index in [9.17, 15) is 19.0 Å². The molecule has 0 aliphatic carbocycles. The molecule has 0 saturated heterocycles. The first-order valence-corrected chi connectivity index (χ1v) is 35.5. The zero-order valence-corrected chi connectivity index (χ0v) is 54.8. The Balaban J connectivity index is 3.98. The number of esters is 2. The fraction of sp³-hybridized carbons (Fsp3) is 0.750. The lowest BCUT2D eigenvalue weighted by atomic mass is 10.0. The number of phosphoric acid groups is 1. The zero-order chi connectivity index (χ0) is 59.8. The molecule has 82 heavy (non-hydrogen) atoms. The smallest absolute Gasteiger partial charge is 0.462 e. The number of nitrogens with zero attached hydrogens (tertiary/aromatic N) is 1. The largest absolute Gasteiger partial charge is 0.472 e. The second-order valence-corrected chi connectivity index (χ2v) is 25.3. The molecule has 474 valence electrons. The van der Waals surface area contributed by atoms with Crippen molar-refractivity contribution in [2.75, 3.05) is 47.5 Å². The summed E-state index contributed by atoms with van der Waals surface area (Å²) in [5.41, 5.74) is 0. The number of allylic oxidation sites excluding steroid dienone is 16. The van der Waals surface area contributed by atoms with Gasteiger partial charge in [0.25, 0.3) is 0 Å². The highest BCUT2D eigenvalue weighted by atomic mass is 31.2. The Labute approximate surface area is 506 Å². The molecule has 9 nitrogen and oxygen atoms in total. The van der Waals surface area contributed by atoms with Gasteiger partial charge in [0.05, 0.1) is 27.7 Å². The number of quaternary nitrogens is 1. The Morgan fingerprint density at radius 2 is 0.659 bits per heavy atom. The summed E-state index contributed by atoms with van der Waals surface area (Å²) in [6, 6.07) is 0. The van der Waals surface area contributed by atoms with Gasteiger partial charge in [-0.3, -0.25) is 18.6 Å². The fourth-order valence-corrected chi connectivity index (χ4v) is 10.2. The Kier molecular flexibility index (Phi) is 60.1. The standard InChI is InChI=1S/C72H128NO8P/c1-6-8-10-12-14-16-18-20-22-24-26-28-29-30-31-32-33-34-35-36-37-38-39-40-41-42-43-45-47-49-51-53-55-57-59-61-63-65-72(75)81-70(69-80-82(76,77)79-67-66-73(3,4)5)68-78-71(74)64-62-60-58-56-54-52-50-48-46-44-27-25-23-21-19-17-15-13-11-9-7-2/h8-11,14-17,20-23,26-28,44,70H,6-7,12-13,18-19,24-25,29-43,45-69H2,1-5H3/p+1/b10-8-,11-9-,16-14-,17-15-,22-20-,23-21-,28-26-,44-27-. The third-order valence-corrected chi connectivity index (χ3v) is 15.6. The molecule has 0 radical (unpaired) electrons. The van der Waals surface area contributed by atoms with Crippen LogP contribution in [0.25, 0.3) is 0 Å². The van der Waals surface area contributed by atoms with Crippen molar-refractivity contribution >= 4 is 19.8 Å². The summed E-state index contributed by atoms with van der Waals surface area (Å²) in [4.78, 5) is 35.8. The van der Waals surface area contributed by atoms with E-state index in [1.165, 1.54) is 167 Å². The minimum atomic E-state index is -4.39. The van der Waals surface area contributed by atoms with E-state index in [1.807, 2.05) is 21.1 Å². The highest BCUT2D eigenvalue weighted by Crippen LogP contribution is 2.43. The van der Waals surface area contributed by atoms with Crippen LogP contribution in [-0.2, 0) is 32.7 Å². The van der Waals surface area contributed by atoms with E-state index in [4.69, 9.17) is 18.5 Å². The third-order valence-electron chi connectivity index (χ3n) is 14.6. The molecular formula is C72H129NO8P+. The first-order chi connectivity index (χ1) is 40.0. The maximum absolute atomic E-state index is 12.9. The molecule has 0 aliphatic heterocycles. The van der Waals surface area contributed by atoms with Crippen molar-refractivity contribution in [1.82, 2.24) is 0 Å². The molecule has 0 amide bonds. The predicted octanol–water partition coefficient (Wildman–Crippen LogP) is 21.9. The lowest BCUT2D eigenvalue weighted by molar-refractivity contribution is -0.870. The number of phosphoric ester groups is 1. The van der Waals surface area contributed by atoms with Crippen LogP contribution in [-0.4, -0.2) is 74.9 Å². The lowest BCUT2D eigenvalue weighted by Gasteiger charge is -2.24. The van der Waals surface area contributed by atoms with Crippen LogP contribution < -0.4 is 0 Å². The number of hydrogen-bond acceptors (Lipinski definition) is 7. The molecule has 0 bridgehead atoms. The normalized spacial score (nSPS) is 13.8. The Bertz CT molecular complexity index is 1710. The van der Waals surface area contributed by atoms with Crippen LogP contribution in [0.1, 0.15) is 296 Å². The summed E-state index contributed by atoms with van der Waals surface area (Å²) in [6.07, 6.45) is 86.6. The molecule has 1 N–H and O–H groups in total. The summed E-state index contributed by atoms with van der Waals surface area (Å²) >= 11 is 0. The Hall–Kier alpha value is -3.07. The Morgan fingerprint density at radius 3 is 0.976 bits per heavy atom. The maximum atomic E-state index is 12.9. The summed E-state index contributed by atoms with van der Waals surface area (Å²) in [5.74, 6) is -0.799. The second-order valence-electron chi connectivity index (χ2n) is 23.8. The number of rotatable bonds is 62. The van der Waals surface area contributed by atoms with Crippen LogP contribution in [0.2, 0.25) is 0 Å². The third kappa shape index (κ3) is 66.1. The van der Waals surface area contributed by atoms with Gasteiger partial charge in [0.2, 0.25) is 0 Å². The van der Waals surface area contributed by atoms with E-state index in [1.54, 1.807) is 0 Å². The van der Waals surface area contributed by atoms with Gasteiger partial charge >= 0.3 is 19.8 Å². The minimum absolute atomic E-state index is 0.0284. The average molecular weight is 1170 g/mol. The van der Waals surface area contributed by atoms with Crippen LogP contribution in [0, 0.1) is 0 Å². The summed E-state index contributed by atoms with van der Waals surface area (Å²) in [6.45, 7) is 4.23. The van der Waals surface area contributed by atoms with Crippen LogP contribution in [0.3, 0.4) is 0 Å². The molecule has 2 atom stereocenters. The molecule has 2 unspecified atom stereocenters. The molecule has 0 aromatic rings. The Morgan fingerprint density at radius 1 is 0.378 bits per heavy atom. The van der Waals surface area contributed by atoms with Crippen molar-refractivity contribution in [2.24, 2.45) is 0 Å². The fourth-order valence-electron chi connectivity index (χ4n) is 9.47. The molecule has 0 heterocycles. The number of likely N-dealkylation sites (N-methyl/N-ethyl adjacent to an activating group) is 1. The van der Waals surface area contributed by atoms with Crippen molar-refractivity contribution in [3.8, 4) is 0 Å². The van der Waals surface area contributed by atoms with Crippen molar-refractivity contribution in [3.05, 3.63) is 97.2 Å². The van der Waals surface area contributed by atoms with Gasteiger partial charge < -0.3 is 18.9 Å². The van der Waals surface area contributed by atoms with E-state index in [0.29, 0.717) is 17.4 Å². The van der Waals surface area contributed by atoms with E-state index in [2.05, 4.69) is 111 Å². The van der Waals surface area contributed by atoms with Crippen molar-refractivity contribution in [1.29, 1.82) is 0 Å². The van der Waals surface area contributed by atoms with Gasteiger partial charge in [-0.2, -0.15) is 0 Å². The summed E-state index contributed by atoms with van der Waals surface area (Å²) in [5, 5.41) is 0. The van der Waals surface area contributed by atoms with Gasteiger partial charge in [0.15, 0.2) is 6.10 Å². The van der Waals surface area contributed by atoms with Gasteiger partial charge in [-0.05, 0) is 89.9 Å². The van der Waals surface area contributed by atoms with E-state index < -0.39 is 26.5 Å². The van der Waals surface area contributed by atoms with Gasteiger partial charge in [0.1, 0.15) is 19.8 Å². The number of carbonyl (C=O) groups excluding carboxylic acids is 2. The molecule has 0 aliphatic rings. The van der Waals surface area contributed by atoms with Crippen molar-refractivity contribution in [2.45, 2.75) is 302 Å². The minimum Gasteiger partial charge on any atom is -0.462 e. The lowest BCUT2D eigenvalue weighted by Crippen LogP contribution is -2.37. The zero-order valence-electron chi connectivity index (χ0n) is 54.0. The first-order valence-electron chi connectivity index (χ1n) is 34.0. The van der Waals surface area contributed by atoms with Crippen LogP contribution in [0.15, 0.2) is 97.2 Å². The molecule has 0 rings (SSSR count). The summed E-state index contributed by atoms with van der Waals surface area (Å²) in [7, 11) is 1.47. The van der Waals surface area contributed by atoms with Gasteiger partial charge in [-0.25, -0.2) is 4.57 Å². The maximum Gasteiger partial charge on any atom is 0.472 e. The summed E-state index contributed by atoms with van der Waals surface area (Å²) < 4.78 is 34.7. The van der Waals surface area contributed by atoms with Crippen LogP contribution in [0.4, 0.5) is 0 Å². The van der Waals surface area contributed by atoms with E-state index in [-0.39, 0.29) is 32.0 Å². The highest BCUT2D eigenvalue weighted by Gasteiger charge is 2.27. The second kappa shape index (κ2) is 62.5. The quantitative estimate of drug-likeness (QED) is 0.0211. The SMILES string of the molecule is CC/C=C\C/C=C\C/C=C\C/C=C\CCCCCCCCCCCCCCCCCCCCCCCCCCC(=O)OC(COC(=O)CCCCCCCCCC/C=C\C/C=C\C/C=C\C/C=C\CC)COP(=O)(O)OCC[N+](C)(C)C. The molecule has 0 aromatic heterocycles. The van der Waals surface area contributed by atoms with Gasteiger partial charge in [-0.1, -0.05) is 291 Å².